The lowest BCUT2D eigenvalue weighted by Gasteiger charge is -2.39. The maximum Gasteiger partial charge on any atom is 0.317 e. The van der Waals surface area contributed by atoms with Crippen LogP contribution in [-0.4, -0.2) is 65.0 Å². The highest BCUT2D eigenvalue weighted by Crippen LogP contribution is 2.31. The number of nitrogens with zero attached hydrogens (tertiary/aromatic N) is 2. The molecule has 3 amide bonds. The van der Waals surface area contributed by atoms with Gasteiger partial charge in [0.05, 0.1) is 12.0 Å². The molecule has 1 aliphatic carbocycles. The zero-order valence-electron chi connectivity index (χ0n) is 12.0. The summed E-state index contributed by atoms with van der Waals surface area (Å²) in [6, 6.07) is 0.0552. The number of carboxylic acids is 1. The summed E-state index contributed by atoms with van der Waals surface area (Å²) < 4.78 is 0. The zero-order valence-corrected chi connectivity index (χ0v) is 12.0. The molecule has 2 N–H and O–H groups in total. The van der Waals surface area contributed by atoms with E-state index in [1.54, 1.807) is 4.90 Å². The predicted molar refractivity (Wildman–Crippen MR) is 73.6 cm³/mol. The summed E-state index contributed by atoms with van der Waals surface area (Å²) in [7, 11) is 0. The van der Waals surface area contributed by atoms with E-state index in [2.05, 4.69) is 5.32 Å². The van der Waals surface area contributed by atoms with Gasteiger partial charge in [0.1, 0.15) is 0 Å². The molecule has 2 heterocycles. The molecule has 2 saturated heterocycles. The summed E-state index contributed by atoms with van der Waals surface area (Å²) in [4.78, 5) is 38.7. The summed E-state index contributed by atoms with van der Waals surface area (Å²) in [5.41, 5.74) is 0. The number of carboxylic acid groups (broad SMARTS) is 1. The van der Waals surface area contributed by atoms with E-state index in [1.165, 1.54) is 0 Å². The van der Waals surface area contributed by atoms with Crippen molar-refractivity contribution in [1.29, 1.82) is 0 Å². The van der Waals surface area contributed by atoms with Gasteiger partial charge in [0.15, 0.2) is 0 Å². The molecule has 0 spiro atoms. The number of piperazine rings is 1. The minimum atomic E-state index is -0.745. The van der Waals surface area contributed by atoms with E-state index in [-0.39, 0.29) is 29.8 Å². The molecule has 3 fully saturated rings. The van der Waals surface area contributed by atoms with Crippen molar-refractivity contribution in [3.63, 3.8) is 0 Å². The van der Waals surface area contributed by atoms with Crippen LogP contribution in [0.15, 0.2) is 0 Å². The molecular weight excluding hydrogens is 274 g/mol. The Labute approximate surface area is 123 Å². The number of carbonyl (C=O) groups excluding carboxylic acids is 2. The Bertz CT molecular complexity index is 459. The number of amides is 3. The largest absolute Gasteiger partial charge is 0.481 e. The molecule has 0 aromatic heterocycles. The Balaban J connectivity index is 1.55. The van der Waals surface area contributed by atoms with Crippen LogP contribution in [0.5, 0.6) is 0 Å². The van der Waals surface area contributed by atoms with Crippen molar-refractivity contribution < 1.29 is 19.5 Å². The fraction of sp³-hybridized carbons (Fsp3) is 0.786. The number of fused-ring (bicyclic) bond motifs is 1. The third kappa shape index (κ3) is 2.69. The van der Waals surface area contributed by atoms with Gasteiger partial charge in [0.2, 0.25) is 5.91 Å². The van der Waals surface area contributed by atoms with E-state index in [4.69, 9.17) is 5.11 Å². The van der Waals surface area contributed by atoms with Crippen LogP contribution in [0.1, 0.15) is 25.7 Å². The van der Waals surface area contributed by atoms with Crippen molar-refractivity contribution in [1.82, 2.24) is 15.1 Å². The second-order valence-electron chi connectivity index (χ2n) is 6.20. The minimum absolute atomic E-state index is 0.0333. The van der Waals surface area contributed by atoms with E-state index in [1.807, 2.05) is 4.90 Å². The van der Waals surface area contributed by atoms with Crippen LogP contribution < -0.4 is 5.32 Å². The number of hydrogen-bond donors (Lipinski definition) is 2. The SMILES string of the molecule is O=C(O)C1CCC(C(=O)N2CCN3C(=O)NCC3C2)CC1. The van der Waals surface area contributed by atoms with Gasteiger partial charge in [-0.15, -0.1) is 0 Å². The van der Waals surface area contributed by atoms with Gasteiger partial charge in [-0.2, -0.15) is 0 Å². The minimum Gasteiger partial charge on any atom is -0.481 e. The normalized spacial score (nSPS) is 32.6. The molecule has 1 unspecified atom stereocenters. The van der Waals surface area contributed by atoms with Gasteiger partial charge in [-0.25, -0.2) is 4.79 Å². The highest BCUT2D eigenvalue weighted by Gasteiger charge is 2.39. The summed E-state index contributed by atoms with van der Waals surface area (Å²) >= 11 is 0. The molecule has 1 atom stereocenters. The molecule has 3 aliphatic rings. The molecular formula is C14H21N3O4. The molecule has 1 saturated carbocycles. The first-order chi connectivity index (χ1) is 10.1. The van der Waals surface area contributed by atoms with Gasteiger partial charge in [0, 0.05) is 32.1 Å². The van der Waals surface area contributed by atoms with E-state index in [9.17, 15) is 14.4 Å². The number of hydrogen-bond acceptors (Lipinski definition) is 3. The zero-order chi connectivity index (χ0) is 15.0. The summed E-state index contributed by atoms with van der Waals surface area (Å²) in [5, 5.41) is 11.8. The van der Waals surface area contributed by atoms with E-state index in [0.29, 0.717) is 51.9 Å². The van der Waals surface area contributed by atoms with Crippen LogP contribution in [-0.2, 0) is 9.59 Å². The maximum atomic E-state index is 12.6. The van der Waals surface area contributed by atoms with Crippen molar-refractivity contribution in [2.75, 3.05) is 26.2 Å². The van der Waals surface area contributed by atoms with E-state index < -0.39 is 5.97 Å². The summed E-state index contributed by atoms with van der Waals surface area (Å²) in [5.74, 6) is -0.942. The Morgan fingerprint density at radius 1 is 1.10 bits per heavy atom. The van der Waals surface area contributed by atoms with Crippen LogP contribution in [0, 0.1) is 11.8 Å². The summed E-state index contributed by atoms with van der Waals surface area (Å²) in [6.45, 7) is 2.37. The van der Waals surface area contributed by atoms with Gasteiger partial charge in [0.25, 0.3) is 0 Å². The number of carbonyl (C=O) groups is 3. The lowest BCUT2D eigenvalue weighted by atomic mass is 9.81. The first-order valence-electron chi connectivity index (χ1n) is 7.62. The predicted octanol–water partition coefficient (Wildman–Crippen LogP) is 0.113. The maximum absolute atomic E-state index is 12.6. The smallest absolute Gasteiger partial charge is 0.317 e. The van der Waals surface area contributed by atoms with Crippen molar-refractivity contribution in [2.45, 2.75) is 31.7 Å². The first kappa shape index (κ1) is 14.2. The molecule has 7 nitrogen and oxygen atoms in total. The molecule has 21 heavy (non-hydrogen) atoms. The van der Waals surface area contributed by atoms with Crippen molar-refractivity contribution in [3.8, 4) is 0 Å². The number of urea groups is 1. The van der Waals surface area contributed by atoms with Crippen LogP contribution in [0.3, 0.4) is 0 Å². The molecule has 0 aromatic carbocycles. The molecule has 116 valence electrons. The van der Waals surface area contributed by atoms with Crippen LogP contribution in [0.2, 0.25) is 0 Å². The highest BCUT2D eigenvalue weighted by molar-refractivity contribution is 5.81. The van der Waals surface area contributed by atoms with E-state index >= 15 is 0 Å². The van der Waals surface area contributed by atoms with Crippen LogP contribution >= 0.6 is 0 Å². The topological polar surface area (TPSA) is 90.0 Å². The highest BCUT2D eigenvalue weighted by atomic mass is 16.4. The lowest BCUT2D eigenvalue weighted by molar-refractivity contribution is -0.146. The Kier molecular flexibility index (Phi) is 3.73. The van der Waals surface area contributed by atoms with Gasteiger partial charge >= 0.3 is 12.0 Å². The monoisotopic (exact) mass is 295 g/mol. The molecule has 3 rings (SSSR count). The van der Waals surface area contributed by atoms with Gasteiger partial charge in [-0.3, -0.25) is 9.59 Å². The molecule has 2 aliphatic heterocycles. The first-order valence-corrected chi connectivity index (χ1v) is 7.62. The fourth-order valence-electron chi connectivity index (χ4n) is 3.65. The van der Waals surface area contributed by atoms with E-state index in [0.717, 1.165) is 0 Å². The van der Waals surface area contributed by atoms with Gasteiger partial charge in [-0.1, -0.05) is 0 Å². The lowest BCUT2D eigenvalue weighted by Crippen LogP contribution is -2.55. The number of rotatable bonds is 2. The van der Waals surface area contributed by atoms with Crippen LogP contribution in [0.4, 0.5) is 4.79 Å². The Hall–Kier alpha value is -1.79. The van der Waals surface area contributed by atoms with Gasteiger partial charge in [-0.05, 0) is 25.7 Å². The Morgan fingerprint density at radius 2 is 1.76 bits per heavy atom. The van der Waals surface area contributed by atoms with Crippen LogP contribution in [0.25, 0.3) is 0 Å². The molecule has 0 radical (unpaired) electrons. The fourth-order valence-corrected chi connectivity index (χ4v) is 3.65. The van der Waals surface area contributed by atoms with Crippen molar-refractivity contribution in [2.24, 2.45) is 11.8 Å². The molecule has 0 aromatic rings. The molecule has 0 bridgehead atoms. The molecule has 7 heteroatoms. The second-order valence-corrected chi connectivity index (χ2v) is 6.20. The number of aliphatic carboxylic acids is 1. The van der Waals surface area contributed by atoms with Gasteiger partial charge < -0.3 is 20.2 Å². The van der Waals surface area contributed by atoms with Crippen molar-refractivity contribution in [3.05, 3.63) is 0 Å². The third-order valence-electron chi connectivity index (χ3n) is 4.97. The summed E-state index contributed by atoms with van der Waals surface area (Å²) in [6.07, 6.45) is 2.51. The standard InChI is InChI=1S/C14H21N3O4/c18-12(9-1-3-10(4-2-9)13(19)20)16-5-6-17-11(8-16)7-15-14(17)21/h9-11H,1-8H2,(H,15,21)(H,19,20). The quantitative estimate of drug-likeness (QED) is 0.757. The number of nitrogens with one attached hydrogen (secondary N) is 1. The Morgan fingerprint density at radius 3 is 2.43 bits per heavy atom. The second kappa shape index (κ2) is 5.54. The average molecular weight is 295 g/mol. The third-order valence-corrected chi connectivity index (χ3v) is 4.97. The van der Waals surface area contributed by atoms with Crippen molar-refractivity contribution >= 4 is 17.9 Å². The average Bonchev–Trinajstić information content (AvgIpc) is 2.87.